The molecule has 1 aliphatic rings. The molecule has 2 rings (SSSR count). The number of sulfonamides is 1. The molecular weight excluding hydrogens is 320 g/mol. The van der Waals surface area contributed by atoms with E-state index in [1.165, 1.54) is 19.2 Å². The summed E-state index contributed by atoms with van der Waals surface area (Å²) in [5.41, 5.74) is 5.52. The largest absolute Gasteiger partial charge is 0.497 e. The molecule has 0 bridgehead atoms. The molecule has 23 heavy (non-hydrogen) atoms. The van der Waals surface area contributed by atoms with Crippen molar-refractivity contribution in [2.75, 3.05) is 20.3 Å². The van der Waals surface area contributed by atoms with Crippen molar-refractivity contribution in [1.29, 1.82) is 0 Å². The maximum absolute atomic E-state index is 12.5. The summed E-state index contributed by atoms with van der Waals surface area (Å²) in [6.07, 6.45) is 1.40. The number of hydrogen-bond acceptors (Lipinski definition) is 6. The van der Waals surface area contributed by atoms with Crippen molar-refractivity contribution in [2.45, 2.75) is 42.4 Å². The number of rotatable bonds is 7. The second kappa shape index (κ2) is 8.07. The number of nitrogens with one attached hydrogen (secondary N) is 1. The lowest BCUT2D eigenvalue weighted by atomic mass is 9.98. The Balaban J connectivity index is 2.10. The van der Waals surface area contributed by atoms with E-state index in [9.17, 15) is 13.5 Å². The summed E-state index contributed by atoms with van der Waals surface area (Å²) >= 11 is 0. The van der Waals surface area contributed by atoms with E-state index in [0.29, 0.717) is 31.6 Å². The van der Waals surface area contributed by atoms with E-state index in [1.807, 2.05) is 0 Å². The first-order valence-corrected chi connectivity index (χ1v) is 9.11. The van der Waals surface area contributed by atoms with E-state index in [0.717, 1.165) is 0 Å². The molecule has 0 amide bonds. The maximum Gasteiger partial charge on any atom is 0.241 e. The van der Waals surface area contributed by atoms with Gasteiger partial charge in [-0.3, -0.25) is 0 Å². The molecule has 7 nitrogen and oxygen atoms in total. The molecule has 4 N–H and O–H groups in total. The molecule has 130 valence electrons. The summed E-state index contributed by atoms with van der Waals surface area (Å²) in [6.45, 7) is 0.259. The molecule has 0 unspecified atom stereocenters. The molecule has 1 saturated heterocycles. The Labute approximate surface area is 136 Å². The van der Waals surface area contributed by atoms with E-state index >= 15 is 0 Å². The van der Waals surface area contributed by atoms with Gasteiger partial charge in [0.2, 0.25) is 10.0 Å². The van der Waals surface area contributed by atoms with Gasteiger partial charge in [-0.1, -0.05) is 6.07 Å². The standard InChI is InChI=1S/C15H24N2O5S/c1-21-12-3-2-4-13(9-12)23(19,20)17-14-6-5-11(7-8-16)22-15(14)10-18/h2-4,9,11,14-15,17-18H,5-8,10,16H2,1H3/t11-,14-,15-/m0/s1. The van der Waals surface area contributed by atoms with Crippen LogP contribution in [-0.4, -0.2) is 52.0 Å². The van der Waals surface area contributed by atoms with Gasteiger partial charge in [0, 0.05) is 6.07 Å². The number of nitrogens with two attached hydrogens (primary N) is 1. The van der Waals surface area contributed by atoms with Crippen molar-refractivity contribution in [3.05, 3.63) is 24.3 Å². The van der Waals surface area contributed by atoms with Crippen LogP contribution in [0, 0.1) is 0 Å². The van der Waals surface area contributed by atoms with Gasteiger partial charge in [0.15, 0.2) is 0 Å². The highest BCUT2D eigenvalue weighted by Crippen LogP contribution is 2.24. The summed E-state index contributed by atoms with van der Waals surface area (Å²) in [4.78, 5) is 0.123. The average Bonchev–Trinajstić information content (AvgIpc) is 2.56. The highest BCUT2D eigenvalue weighted by Gasteiger charge is 2.33. The van der Waals surface area contributed by atoms with Crippen LogP contribution in [0.1, 0.15) is 19.3 Å². The maximum atomic E-state index is 12.5. The molecule has 8 heteroatoms. The fourth-order valence-electron chi connectivity index (χ4n) is 2.70. The highest BCUT2D eigenvalue weighted by atomic mass is 32.2. The van der Waals surface area contributed by atoms with Crippen LogP contribution in [0.5, 0.6) is 5.75 Å². The van der Waals surface area contributed by atoms with E-state index in [4.69, 9.17) is 15.2 Å². The molecular formula is C15H24N2O5S. The van der Waals surface area contributed by atoms with E-state index in [-0.39, 0.29) is 17.6 Å². The summed E-state index contributed by atoms with van der Waals surface area (Å²) in [6, 6.07) is 5.78. The van der Waals surface area contributed by atoms with Crippen LogP contribution in [0.3, 0.4) is 0 Å². The first-order valence-electron chi connectivity index (χ1n) is 7.63. The monoisotopic (exact) mass is 344 g/mol. The number of methoxy groups -OCH3 is 1. The van der Waals surface area contributed by atoms with Crippen LogP contribution in [0.25, 0.3) is 0 Å². The Morgan fingerprint density at radius 1 is 1.43 bits per heavy atom. The van der Waals surface area contributed by atoms with Gasteiger partial charge in [0.25, 0.3) is 0 Å². The van der Waals surface area contributed by atoms with Crippen LogP contribution in [0.2, 0.25) is 0 Å². The zero-order valence-electron chi connectivity index (χ0n) is 13.1. The minimum atomic E-state index is -3.71. The van der Waals surface area contributed by atoms with Gasteiger partial charge in [-0.25, -0.2) is 13.1 Å². The van der Waals surface area contributed by atoms with Crippen LogP contribution in [-0.2, 0) is 14.8 Å². The zero-order valence-corrected chi connectivity index (χ0v) is 14.0. The quantitative estimate of drug-likeness (QED) is 0.653. The number of benzene rings is 1. The summed E-state index contributed by atoms with van der Waals surface area (Å²) in [5.74, 6) is 0.467. The lowest BCUT2D eigenvalue weighted by Crippen LogP contribution is -2.51. The number of ether oxygens (including phenoxy) is 2. The van der Waals surface area contributed by atoms with Crippen molar-refractivity contribution < 1.29 is 23.0 Å². The molecule has 1 aliphatic heterocycles. The third-order valence-electron chi connectivity index (χ3n) is 3.94. The summed E-state index contributed by atoms with van der Waals surface area (Å²) in [5, 5.41) is 9.49. The van der Waals surface area contributed by atoms with E-state index in [2.05, 4.69) is 4.72 Å². The Morgan fingerprint density at radius 2 is 2.22 bits per heavy atom. The number of aliphatic hydroxyl groups excluding tert-OH is 1. The fraction of sp³-hybridized carbons (Fsp3) is 0.600. The van der Waals surface area contributed by atoms with Crippen LogP contribution in [0.4, 0.5) is 0 Å². The van der Waals surface area contributed by atoms with Crippen molar-refractivity contribution in [3.63, 3.8) is 0 Å². The number of aliphatic hydroxyl groups is 1. The minimum absolute atomic E-state index is 0.0327. The SMILES string of the molecule is COc1cccc(S(=O)(=O)N[C@H]2CC[C@@H](CCN)O[C@H]2CO)c1. The van der Waals surface area contributed by atoms with Gasteiger partial charge in [0.05, 0.1) is 36.9 Å². The summed E-state index contributed by atoms with van der Waals surface area (Å²) < 4.78 is 38.4. The van der Waals surface area contributed by atoms with Gasteiger partial charge in [-0.05, 0) is 37.9 Å². The van der Waals surface area contributed by atoms with Crippen LogP contribution >= 0.6 is 0 Å². The first-order chi connectivity index (χ1) is 11.0. The van der Waals surface area contributed by atoms with Crippen LogP contribution < -0.4 is 15.2 Å². The first kappa shape index (κ1) is 18.2. The van der Waals surface area contributed by atoms with E-state index < -0.39 is 22.2 Å². The Morgan fingerprint density at radius 3 is 2.87 bits per heavy atom. The molecule has 1 heterocycles. The third kappa shape index (κ3) is 4.65. The Hall–Kier alpha value is -1.19. The van der Waals surface area contributed by atoms with Crippen molar-refractivity contribution in [2.24, 2.45) is 5.73 Å². The minimum Gasteiger partial charge on any atom is -0.497 e. The van der Waals surface area contributed by atoms with Gasteiger partial charge in [-0.15, -0.1) is 0 Å². The third-order valence-corrected chi connectivity index (χ3v) is 5.43. The average molecular weight is 344 g/mol. The molecule has 0 radical (unpaired) electrons. The molecule has 3 atom stereocenters. The van der Waals surface area contributed by atoms with Gasteiger partial charge in [0.1, 0.15) is 5.75 Å². The predicted molar refractivity (Wildman–Crippen MR) is 85.8 cm³/mol. The van der Waals surface area contributed by atoms with E-state index in [1.54, 1.807) is 12.1 Å². The fourth-order valence-corrected chi connectivity index (χ4v) is 4.03. The molecule has 1 aromatic carbocycles. The van der Waals surface area contributed by atoms with Gasteiger partial charge >= 0.3 is 0 Å². The smallest absolute Gasteiger partial charge is 0.241 e. The lowest BCUT2D eigenvalue weighted by molar-refractivity contribution is -0.0867. The predicted octanol–water partition coefficient (Wildman–Crippen LogP) is 0.231. The van der Waals surface area contributed by atoms with Crippen molar-refractivity contribution >= 4 is 10.0 Å². The number of hydrogen-bond donors (Lipinski definition) is 3. The normalized spacial score (nSPS) is 25.3. The second-order valence-electron chi connectivity index (χ2n) is 5.54. The topological polar surface area (TPSA) is 111 Å². The Bertz CT molecular complexity index is 608. The van der Waals surface area contributed by atoms with Crippen molar-refractivity contribution in [1.82, 2.24) is 4.72 Å². The highest BCUT2D eigenvalue weighted by molar-refractivity contribution is 7.89. The van der Waals surface area contributed by atoms with Gasteiger partial charge < -0.3 is 20.3 Å². The molecule has 0 saturated carbocycles. The summed E-state index contributed by atoms with van der Waals surface area (Å²) in [7, 11) is -2.23. The molecule has 0 aliphatic carbocycles. The van der Waals surface area contributed by atoms with Crippen LogP contribution in [0.15, 0.2) is 29.2 Å². The second-order valence-corrected chi connectivity index (χ2v) is 7.25. The lowest BCUT2D eigenvalue weighted by Gasteiger charge is -2.35. The molecule has 1 fully saturated rings. The zero-order chi connectivity index (χ0) is 16.9. The molecule has 1 aromatic rings. The molecule has 0 aromatic heterocycles. The Kier molecular flexibility index (Phi) is 6.37. The molecule has 0 spiro atoms. The van der Waals surface area contributed by atoms with Crippen molar-refractivity contribution in [3.8, 4) is 5.75 Å². The van der Waals surface area contributed by atoms with Gasteiger partial charge in [-0.2, -0.15) is 0 Å².